The number of ether oxygens (including phenoxy) is 2. The summed E-state index contributed by atoms with van der Waals surface area (Å²) < 4.78 is 13.5. The summed E-state index contributed by atoms with van der Waals surface area (Å²) in [6.07, 6.45) is 3.33. The predicted molar refractivity (Wildman–Crippen MR) is 123 cm³/mol. The summed E-state index contributed by atoms with van der Waals surface area (Å²) >= 11 is 0. The van der Waals surface area contributed by atoms with Gasteiger partial charge in [0.15, 0.2) is 0 Å². The number of hydrogen-bond acceptors (Lipinski definition) is 5. The Bertz CT molecular complexity index is 1290. The fraction of sp³-hybridized carbons (Fsp3) is 0.208. The van der Waals surface area contributed by atoms with Crippen molar-refractivity contribution in [2.45, 2.75) is 13.1 Å². The van der Waals surface area contributed by atoms with Crippen LogP contribution in [0.2, 0.25) is 0 Å². The van der Waals surface area contributed by atoms with E-state index in [2.05, 4.69) is 10.3 Å². The number of aromatic nitrogens is 3. The first kappa shape index (κ1) is 21.3. The molecule has 4 aromatic rings. The topological polar surface area (TPSA) is 87.4 Å². The third kappa shape index (κ3) is 4.40. The molecule has 4 rings (SSSR count). The Morgan fingerprint density at radius 1 is 1.06 bits per heavy atom. The molecule has 0 radical (unpaired) electrons. The van der Waals surface area contributed by atoms with E-state index in [9.17, 15) is 9.59 Å². The van der Waals surface area contributed by atoms with E-state index in [-0.39, 0.29) is 18.0 Å². The van der Waals surface area contributed by atoms with Crippen molar-refractivity contribution in [1.82, 2.24) is 14.1 Å². The molecule has 1 N–H and O–H groups in total. The van der Waals surface area contributed by atoms with Gasteiger partial charge in [-0.05, 0) is 17.7 Å². The zero-order valence-electron chi connectivity index (χ0n) is 17.9. The van der Waals surface area contributed by atoms with Crippen LogP contribution in [0.25, 0.3) is 22.2 Å². The van der Waals surface area contributed by atoms with Crippen LogP contribution in [0.5, 0.6) is 5.75 Å². The second-order valence-electron chi connectivity index (χ2n) is 7.25. The van der Waals surface area contributed by atoms with E-state index in [1.165, 1.54) is 10.9 Å². The average Bonchev–Trinajstić information content (AvgIpc) is 3.18. The number of amides is 1. The van der Waals surface area contributed by atoms with Gasteiger partial charge in [-0.15, -0.1) is 0 Å². The van der Waals surface area contributed by atoms with E-state index in [0.29, 0.717) is 35.6 Å². The zero-order chi connectivity index (χ0) is 22.5. The van der Waals surface area contributed by atoms with Crippen LogP contribution in [-0.4, -0.2) is 40.9 Å². The molecule has 0 saturated heterocycles. The van der Waals surface area contributed by atoms with Crippen LogP contribution < -0.4 is 15.6 Å². The minimum atomic E-state index is -0.263. The maximum absolute atomic E-state index is 13.2. The first-order valence-corrected chi connectivity index (χ1v) is 10.2. The van der Waals surface area contributed by atoms with Crippen molar-refractivity contribution >= 4 is 22.6 Å². The SMILES string of the molecule is COCCn1cnc2c(-c3ccccc3)cn(CC(=O)Nc3cccc(OC)c3)c2c1=O. The van der Waals surface area contributed by atoms with Crippen molar-refractivity contribution in [2.75, 3.05) is 26.1 Å². The van der Waals surface area contributed by atoms with Gasteiger partial charge >= 0.3 is 0 Å². The van der Waals surface area contributed by atoms with Crippen LogP contribution in [0.4, 0.5) is 5.69 Å². The molecule has 0 unspecified atom stereocenters. The van der Waals surface area contributed by atoms with Gasteiger partial charge in [0.05, 0.1) is 26.6 Å². The highest BCUT2D eigenvalue weighted by atomic mass is 16.5. The van der Waals surface area contributed by atoms with Crippen molar-refractivity contribution in [3.8, 4) is 16.9 Å². The second kappa shape index (κ2) is 9.49. The number of hydrogen-bond donors (Lipinski definition) is 1. The molecule has 0 aliphatic carbocycles. The van der Waals surface area contributed by atoms with Crippen molar-refractivity contribution < 1.29 is 14.3 Å². The molecular weight excluding hydrogens is 408 g/mol. The molecule has 0 bridgehead atoms. The minimum Gasteiger partial charge on any atom is -0.497 e. The molecule has 164 valence electrons. The molecule has 2 heterocycles. The lowest BCUT2D eigenvalue weighted by atomic mass is 10.1. The lowest BCUT2D eigenvalue weighted by molar-refractivity contribution is -0.116. The molecule has 8 nitrogen and oxygen atoms in total. The Labute approximate surface area is 185 Å². The Balaban J connectivity index is 1.73. The quantitative estimate of drug-likeness (QED) is 0.462. The van der Waals surface area contributed by atoms with Gasteiger partial charge in [0.2, 0.25) is 5.91 Å². The highest BCUT2D eigenvalue weighted by Gasteiger charge is 2.18. The van der Waals surface area contributed by atoms with Crippen LogP contribution in [0, 0.1) is 0 Å². The summed E-state index contributed by atoms with van der Waals surface area (Å²) in [5, 5.41) is 2.86. The number of rotatable bonds is 8. The van der Waals surface area contributed by atoms with E-state index in [1.807, 2.05) is 30.3 Å². The zero-order valence-corrected chi connectivity index (χ0v) is 17.9. The summed E-state index contributed by atoms with van der Waals surface area (Å²) in [6, 6.07) is 16.8. The molecule has 0 aliphatic rings. The molecule has 32 heavy (non-hydrogen) atoms. The largest absolute Gasteiger partial charge is 0.497 e. The summed E-state index contributed by atoms with van der Waals surface area (Å²) in [5.41, 5.74) is 3.05. The van der Waals surface area contributed by atoms with Gasteiger partial charge < -0.3 is 19.4 Å². The molecule has 8 heteroatoms. The molecule has 0 atom stereocenters. The average molecular weight is 432 g/mol. The van der Waals surface area contributed by atoms with Crippen molar-refractivity contribution in [1.29, 1.82) is 0 Å². The molecule has 2 aromatic heterocycles. The Morgan fingerprint density at radius 2 is 1.88 bits per heavy atom. The molecule has 0 aliphatic heterocycles. The summed E-state index contributed by atoms with van der Waals surface area (Å²) in [7, 11) is 3.15. The number of nitrogens with zero attached hydrogens (tertiary/aromatic N) is 3. The maximum Gasteiger partial charge on any atom is 0.277 e. The van der Waals surface area contributed by atoms with Crippen LogP contribution in [0.3, 0.4) is 0 Å². The Kier molecular flexibility index (Phi) is 6.32. The molecule has 2 aromatic carbocycles. The minimum absolute atomic E-state index is 0.0360. The fourth-order valence-electron chi connectivity index (χ4n) is 3.57. The standard InChI is InChI=1S/C24H24N4O4/c1-31-12-11-27-16-25-22-20(17-7-4-3-5-8-17)14-28(23(22)24(27)30)15-21(29)26-18-9-6-10-19(13-18)32-2/h3-10,13-14,16H,11-12,15H2,1-2H3,(H,26,29). The molecular formula is C24H24N4O4. The number of anilines is 1. The monoisotopic (exact) mass is 432 g/mol. The van der Waals surface area contributed by atoms with Gasteiger partial charge in [0, 0.05) is 30.6 Å². The number of fused-ring (bicyclic) bond motifs is 1. The van der Waals surface area contributed by atoms with Crippen LogP contribution in [-0.2, 0) is 22.6 Å². The first-order chi connectivity index (χ1) is 15.6. The highest BCUT2D eigenvalue weighted by molar-refractivity contribution is 5.95. The van der Waals surface area contributed by atoms with E-state index >= 15 is 0 Å². The summed E-state index contributed by atoms with van der Waals surface area (Å²) in [4.78, 5) is 30.6. The van der Waals surface area contributed by atoms with Crippen LogP contribution in [0.15, 0.2) is 71.9 Å². The molecule has 0 spiro atoms. The number of nitrogens with one attached hydrogen (secondary N) is 1. The van der Waals surface area contributed by atoms with Gasteiger partial charge in [-0.3, -0.25) is 14.2 Å². The van der Waals surface area contributed by atoms with E-state index in [1.54, 1.807) is 49.2 Å². The van der Waals surface area contributed by atoms with Gasteiger partial charge in [0.25, 0.3) is 5.56 Å². The Morgan fingerprint density at radius 3 is 2.62 bits per heavy atom. The molecule has 0 saturated carbocycles. The van der Waals surface area contributed by atoms with Gasteiger partial charge in [0.1, 0.15) is 23.3 Å². The number of benzene rings is 2. The highest BCUT2D eigenvalue weighted by Crippen LogP contribution is 2.27. The summed E-state index contributed by atoms with van der Waals surface area (Å²) in [6.45, 7) is 0.724. The predicted octanol–water partition coefficient (Wildman–Crippen LogP) is 3.16. The second-order valence-corrected chi connectivity index (χ2v) is 7.25. The van der Waals surface area contributed by atoms with E-state index < -0.39 is 0 Å². The summed E-state index contributed by atoms with van der Waals surface area (Å²) in [5.74, 6) is 0.382. The van der Waals surface area contributed by atoms with Crippen molar-refractivity contribution in [3.63, 3.8) is 0 Å². The smallest absolute Gasteiger partial charge is 0.277 e. The van der Waals surface area contributed by atoms with Gasteiger partial charge in [-0.25, -0.2) is 4.98 Å². The number of methoxy groups -OCH3 is 2. The lowest BCUT2D eigenvalue weighted by Gasteiger charge is -2.09. The van der Waals surface area contributed by atoms with Gasteiger partial charge in [-0.1, -0.05) is 36.4 Å². The lowest BCUT2D eigenvalue weighted by Crippen LogP contribution is -2.26. The van der Waals surface area contributed by atoms with E-state index in [0.717, 1.165) is 11.1 Å². The van der Waals surface area contributed by atoms with E-state index in [4.69, 9.17) is 9.47 Å². The van der Waals surface area contributed by atoms with Crippen molar-refractivity contribution in [2.24, 2.45) is 0 Å². The number of carbonyl (C=O) groups excluding carboxylic acids is 1. The third-order valence-electron chi connectivity index (χ3n) is 5.13. The normalized spacial score (nSPS) is 10.9. The first-order valence-electron chi connectivity index (χ1n) is 10.2. The van der Waals surface area contributed by atoms with Crippen molar-refractivity contribution in [3.05, 3.63) is 77.5 Å². The fourth-order valence-corrected chi connectivity index (χ4v) is 3.57. The maximum atomic E-state index is 13.2. The van der Waals surface area contributed by atoms with Crippen LogP contribution >= 0.6 is 0 Å². The number of carbonyl (C=O) groups is 1. The molecule has 1 amide bonds. The van der Waals surface area contributed by atoms with Crippen LogP contribution in [0.1, 0.15) is 0 Å². The molecule has 0 fully saturated rings. The Hall–Kier alpha value is -3.91. The third-order valence-corrected chi connectivity index (χ3v) is 5.13. The van der Waals surface area contributed by atoms with Gasteiger partial charge in [-0.2, -0.15) is 0 Å².